The number of nitrogens with one attached hydrogen (secondary N) is 1. The molecule has 0 saturated carbocycles. The number of benzene rings is 2. The number of rotatable bonds is 7. The Morgan fingerprint density at radius 2 is 1.94 bits per heavy atom. The van der Waals surface area contributed by atoms with E-state index >= 15 is 0 Å². The number of carbonyl (C=O) groups is 2. The molecule has 2 aliphatic rings. The SMILES string of the molecule is CCCOc1ccc(N2C(=O)C[C@@H](N(Cc3ccc4c(c3)OCO4)C(=S)NC)C2=O)cc1. The van der Waals surface area contributed by atoms with Crippen molar-refractivity contribution in [1.82, 2.24) is 10.2 Å². The van der Waals surface area contributed by atoms with E-state index < -0.39 is 6.04 Å². The first-order valence-corrected chi connectivity index (χ1v) is 10.9. The smallest absolute Gasteiger partial charge is 0.257 e. The van der Waals surface area contributed by atoms with Crippen LogP contribution in [0.4, 0.5) is 5.69 Å². The lowest BCUT2D eigenvalue weighted by atomic mass is 10.1. The summed E-state index contributed by atoms with van der Waals surface area (Å²) >= 11 is 5.48. The number of fused-ring (bicyclic) bond motifs is 1. The zero-order chi connectivity index (χ0) is 22.7. The van der Waals surface area contributed by atoms with Crippen LogP contribution < -0.4 is 24.4 Å². The third-order valence-electron chi connectivity index (χ3n) is 5.33. The molecule has 0 radical (unpaired) electrons. The van der Waals surface area contributed by atoms with Crippen molar-refractivity contribution in [3.05, 3.63) is 48.0 Å². The summed E-state index contributed by atoms with van der Waals surface area (Å²) in [6, 6.07) is 11.9. The maximum Gasteiger partial charge on any atom is 0.257 e. The van der Waals surface area contributed by atoms with E-state index in [2.05, 4.69) is 5.32 Å². The Morgan fingerprint density at radius 1 is 1.19 bits per heavy atom. The van der Waals surface area contributed by atoms with E-state index in [0.717, 1.165) is 12.0 Å². The first kappa shape index (κ1) is 21.9. The van der Waals surface area contributed by atoms with Gasteiger partial charge in [-0.15, -0.1) is 0 Å². The molecule has 1 N–H and O–H groups in total. The summed E-state index contributed by atoms with van der Waals surface area (Å²) in [5.41, 5.74) is 1.41. The summed E-state index contributed by atoms with van der Waals surface area (Å²) in [6.07, 6.45) is 0.941. The zero-order valence-corrected chi connectivity index (χ0v) is 18.8. The number of hydrogen-bond donors (Lipinski definition) is 1. The molecule has 1 saturated heterocycles. The Kier molecular flexibility index (Phi) is 6.45. The van der Waals surface area contributed by atoms with Gasteiger partial charge in [0.2, 0.25) is 12.7 Å². The molecule has 0 aromatic heterocycles. The monoisotopic (exact) mass is 455 g/mol. The Morgan fingerprint density at radius 3 is 2.66 bits per heavy atom. The predicted molar refractivity (Wildman–Crippen MR) is 123 cm³/mol. The molecular weight excluding hydrogens is 430 g/mol. The molecule has 4 rings (SSSR count). The van der Waals surface area contributed by atoms with Crippen molar-refractivity contribution in [3.63, 3.8) is 0 Å². The lowest BCUT2D eigenvalue weighted by Gasteiger charge is -2.29. The van der Waals surface area contributed by atoms with Crippen molar-refractivity contribution in [2.75, 3.05) is 25.3 Å². The van der Waals surface area contributed by atoms with Gasteiger partial charge in [-0.25, -0.2) is 4.90 Å². The van der Waals surface area contributed by atoms with Crippen LogP contribution in [0.1, 0.15) is 25.3 Å². The molecule has 2 aromatic carbocycles. The molecule has 2 amide bonds. The number of carbonyl (C=O) groups excluding carboxylic acids is 2. The van der Waals surface area contributed by atoms with Gasteiger partial charge in [-0.2, -0.15) is 0 Å². The van der Waals surface area contributed by atoms with Crippen LogP contribution in [-0.4, -0.2) is 48.3 Å². The molecule has 32 heavy (non-hydrogen) atoms. The van der Waals surface area contributed by atoms with Crippen LogP contribution in [0, 0.1) is 0 Å². The van der Waals surface area contributed by atoms with Gasteiger partial charge in [0.15, 0.2) is 16.6 Å². The maximum absolute atomic E-state index is 13.3. The molecule has 1 atom stereocenters. The van der Waals surface area contributed by atoms with Crippen molar-refractivity contribution in [3.8, 4) is 17.2 Å². The second kappa shape index (κ2) is 9.44. The topological polar surface area (TPSA) is 80.3 Å². The summed E-state index contributed by atoms with van der Waals surface area (Å²) in [4.78, 5) is 29.1. The Balaban J connectivity index is 1.54. The normalized spacial score (nSPS) is 16.9. The van der Waals surface area contributed by atoms with Crippen LogP contribution in [0.25, 0.3) is 0 Å². The van der Waals surface area contributed by atoms with Crippen molar-refractivity contribution in [2.45, 2.75) is 32.4 Å². The molecule has 168 valence electrons. The van der Waals surface area contributed by atoms with Crippen LogP contribution in [0.2, 0.25) is 0 Å². The second-order valence-electron chi connectivity index (χ2n) is 7.50. The molecule has 2 aliphatic heterocycles. The van der Waals surface area contributed by atoms with Gasteiger partial charge in [-0.05, 0) is 60.6 Å². The maximum atomic E-state index is 13.3. The van der Waals surface area contributed by atoms with Crippen LogP contribution in [0.3, 0.4) is 0 Å². The van der Waals surface area contributed by atoms with E-state index in [-0.39, 0.29) is 25.0 Å². The molecule has 2 aromatic rings. The lowest BCUT2D eigenvalue weighted by molar-refractivity contribution is -0.122. The van der Waals surface area contributed by atoms with Gasteiger partial charge in [-0.1, -0.05) is 13.0 Å². The van der Waals surface area contributed by atoms with Crippen LogP contribution in [-0.2, 0) is 16.1 Å². The van der Waals surface area contributed by atoms with Crippen molar-refractivity contribution >= 4 is 34.8 Å². The highest BCUT2D eigenvalue weighted by atomic mass is 32.1. The highest BCUT2D eigenvalue weighted by Gasteiger charge is 2.43. The number of ether oxygens (including phenoxy) is 3. The standard InChI is InChI=1S/C23H25N3O5S/c1-3-10-29-17-7-5-16(6-8-17)26-21(27)12-18(22(26)28)25(23(32)24-2)13-15-4-9-19-20(11-15)31-14-30-19/h4-9,11,18H,3,10,12-14H2,1-2H3,(H,24,32)/t18-/m1/s1. The number of anilines is 1. The molecule has 0 spiro atoms. The Hall–Kier alpha value is -3.33. The fourth-order valence-corrected chi connectivity index (χ4v) is 3.94. The Labute approximate surface area is 192 Å². The first-order valence-electron chi connectivity index (χ1n) is 10.5. The van der Waals surface area contributed by atoms with Gasteiger partial charge >= 0.3 is 0 Å². The highest BCUT2D eigenvalue weighted by molar-refractivity contribution is 7.80. The zero-order valence-electron chi connectivity index (χ0n) is 18.0. The third kappa shape index (κ3) is 4.34. The van der Waals surface area contributed by atoms with Gasteiger partial charge in [-0.3, -0.25) is 9.59 Å². The summed E-state index contributed by atoms with van der Waals surface area (Å²) in [6.45, 7) is 3.17. The fraction of sp³-hybridized carbons (Fsp3) is 0.348. The van der Waals surface area contributed by atoms with Gasteiger partial charge in [0, 0.05) is 13.6 Å². The first-order chi connectivity index (χ1) is 15.5. The van der Waals surface area contributed by atoms with E-state index in [4.69, 9.17) is 26.4 Å². The average Bonchev–Trinajstić information content (AvgIpc) is 3.39. The molecule has 0 unspecified atom stereocenters. The van der Waals surface area contributed by atoms with E-state index in [0.29, 0.717) is 41.2 Å². The summed E-state index contributed by atoms with van der Waals surface area (Å²) < 4.78 is 16.4. The molecule has 0 bridgehead atoms. The average molecular weight is 456 g/mol. The number of thiocarbonyl (C=S) groups is 1. The van der Waals surface area contributed by atoms with E-state index in [1.54, 1.807) is 36.2 Å². The van der Waals surface area contributed by atoms with E-state index in [1.807, 2.05) is 25.1 Å². The summed E-state index contributed by atoms with van der Waals surface area (Å²) in [7, 11) is 1.70. The highest BCUT2D eigenvalue weighted by Crippen LogP contribution is 2.34. The molecular formula is C23H25N3O5S. The minimum Gasteiger partial charge on any atom is -0.494 e. The molecule has 0 aliphatic carbocycles. The molecule has 8 nitrogen and oxygen atoms in total. The van der Waals surface area contributed by atoms with Crippen LogP contribution in [0.15, 0.2) is 42.5 Å². The predicted octanol–water partition coefficient (Wildman–Crippen LogP) is 2.84. The van der Waals surface area contributed by atoms with Crippen LogP contribution >= 0.6 is 12.2 Å². The molecule has 9 heteroatoms. The summed E-state index contributed by atoms with van der Waals surface area (Å²) in [5.74, 6) is 1.46. The largest absolute Gasteiger partial charge is 0.494 e. The van der Waals surface area contributed by atoms with Gasteiger partial charge in [0.05, 0.1) is 18.7 Å². The van der Waals surface area contributed by atoms with Crippen molar-refractivity contribution in [1.29, 1.82) is 0 Å². The number of imide groups is 1. The fourth-order valence-electron chi connectivity index (χ4n) is 3.75. The molecule has 2 heterocycles. The quantitative estimate of drug-likeness (QED) is 0.504. The summed E-state index contributed by atoms with van der Waals surface area (Å²) in [5, 5.41) is 3.32. The van der Waals surface area contributed by atoms with Gasteiger partial charge < -0.3 is 24.4 Å². The third-order valence-corrected chi connectivity index (χ3v) is 5.77. The van der Waals surface area contributed by atoms with Crippen molar-refractivity contribution in [2.24, 2.45) is 0 Å². The van der Waals surface area contributed by atoms with E-state index in [1.165, 1.54) is 4.90 Å². The number of amides is 2. The van der Waals surface area contributed by atoms with Crippen molar-refractivity contribution < 1.29 is 23.8 Å². The lowest BCUT2D eigenvalue weighted by Crippen LogP contribution is -2.48. The Bertz CT molecular complexity index is 1030. The van der Waals surface area contributed by atoms with E-state index in [9.17, 15) is 9.59 Å². The van der Waals surface area contributed by atoms with Gasteiger partial charge in [0.1, 0.15) is 11.8 Å². The number of hydrogen-bond acceptors (Lipinski definition) is 6. The van der Waals surface area contributed by atoms with Crippen LogP contribution in [0.5, 0.6) is 17.2 Å². The minimum absolute atomic E-state index is 0.0410. The van der Waals surface area contributed by atoms with Gasteiger partial charge in [0.25, 0.3) is 5.91 Å². The second-order valence-corrected chi connectivity index (χ2v) is 7.89. The molecule has 1 fully saturated rings. The minimum atomic E-state index is -0.705. The number of nitrogens with zero attached hydrogens (tertiary/aromatic N) is 2.